The van der Waals surface area contributed by atoms with Gasteiger partial charge in [-0.2, -0.15) is 0 Å². The molecule has 1 aromatic rings. The van der Waals surface area contributed by atoms with E-state index in [0.29, 0.717) is 31.6 Å². The van der Waals surface area contributed by atoms with Crippen LogP contribution in [-0.2, 0) is 4.79 Å². The Bertz CT molecular complexity index is 466. The number of nitro groups is 1. The molecule has 0 atom stereocenters. The number of hydrogen-bond donors (Lipinski definition) is 1. The zero-order valence-corrected chi connectivity index (χ0v) is 10.2. The van der Waals surface area contributed by atoms with Crippen molar-refractivity contribution >= 4 is 11.7 Å². The Morgan fingerprint density at radius 3 is 2.53 bits per heavy atom. The maximum atomic E-state index is 10.8. The van der Waals surface area contributed by atoms with Crippen molar-refractivity contribution in [3.05, 3.63) is 28.4 Å². The van der Waals surface area contributed by atoms with Crippen molar-refractivity contribution in [1.82, 2.24) is 4.98 Å². The second-order valence-electron chi connectivity index (χ2n) is 4.54. The van der Waals surface area contributed by atoms with Crippen LogP contribution in [0, 0.1) is 16.0 Å². The third-order valence-corrected chi connectivity index (χ3v) is 3.24. The van der Waals surface area contributed by atoms with E-state index in [9.17, 15) is 14.9 Å². The Morgan fingerprint density at radius 2 is 2.05 bits per heavy atom. The molecule has 0 aliphatic heterocycles. The molecule has 1 saturated carbocycles. The molecule has 102 valence electrons. The molecule has 0 spiro atoms. The topological polar surface area (TPSA) is 103 Å². The van der Waals surface area contributed by atoms with Gasteiger partial charge in [-0.05, 0) is 25.7 Å². The molecule has 7 heteroatoms. The Kier molecular flexibility index (Phi) is 3.94. The summed E-state index contributed by atoms with van der Waals surface area (Å²) < 4.78 is 5.59. The van der Waals surface area contributed by atoms with Gasteiger partial charge in [0.25, 0.3) is 5.69 Å². The Labute approximate surface area is 109 Å². The highest BCUT2D eigenvalue weighted by Crippen LogP contribution is 2.27. The van der Waals surface area contributed by atoms with Gasteiger partial charge in [-0.15, -0.1) is 0 Å². The summed E-state index contributed by atoms with van der Waals surface area (Å²) in [6.45, 7) is 0. The van der Waals surface area contributed by atoms with Gasteiger partial charge >= 0.3 is 5.97 Å². The summed E-state index contributed by atoms with van der Waals surface area (Å²) in [6.07, 6.45) is 3.59. The third kappa shape index (κ3) is 3.40. The lowest BCUT2D eigenvalue weighted by molar-refractivity contribution is -0.385. The molecule has 0 aromatic carbocycles. The fourth-order valence-electron chi connectivity index (χ4n) is 2.15. The molecule has 0 unspecified atom stereocenters. The van der Waals surface area contributed by atoms with Gasteiger partial charge in [-0.1, -0.05) is 0 Å². The minimum Gasteiger partial charge on any atom is -0.481 e. The fourth-order valence-corrected chi connectivity index (χ4v) is 2.15. The third-order valence-electron chi connectivity index (χ3n) is 3.24. The monoisotopic (exact) mass is 266 g/mol. The summed E-state index contributed by atoms with van der Waals surface area (Å²) in [6, 6.07) is 2.80. The van der Waals surface area contributed by atoms with Crippen LogP contribution in [0.3, 0.4) is 0 Å². The van der Waals surface area contributed by atoms with E-state index in [-0.39, 0.29) is 17.7 Å². The van der Waals surface area contributed by atoms with Crippen LogP contribution in [0.4, 0.5) is 5.69 Å². The minimum atomic E-state index is -0.757. The summed E-state index contributed by atoms with van der Waals surface area (Å²) in [7, 11) is 0. The molecule has 1 aromatic heterocycles. The number of aromatic nitrogens is 1. The highest BCUT2D eigenvalue weighted by atomic mass is 16.6. The number of ether oxygens (including phenoxy) is 1. The lowest BCUT2D eigenvalue weighted by Crippen LogP contribution is -2.28. The van der Waals surface area contributed by atoms with Crippen LogP contribution >= 0.6 is 0 Å². The van der Waals surface area contributed by atoms with E-state index in [0.717, 1.165) is 6.20 Å². The molecular formula is C12H14N2O5. The summed E-state index contributed by atoms with van der Waals surface area (Å²) in [5.41, 5.74) is -0.0815. The molecule has 2 rings (SSSR count). The highest BCUT2D eigenvalue weighted by Gasteiger charge is 2.27. The molecule has 1 aliphatic rings. The van der Waals surface area contributed by atoms with Crippen LogP contribution in [0.15, 0.2) is 18.3 Å². The molecule has 1 fully saturated rings. The molecule has 0 saturated heterocycles. The molecule has 0 amide bonds. The maximum Gasteiger partial charge on any atom is 0.306 e. The number of carbonyl (C=O) groups is 1. The lowest BCUT2D eigenvalue weighted by Gasteiger charge is -2.26. The van der Waals surface area contributed by atoms with Crippen LogP contribution < -0.4 is 4.74 Å². The first-order valence-electron chi connectivity index (χ1n) is 6.06. The molecule has 1 N–H and O–H groups in total. The predicted molar refractivity (Wildman–Crippen MR) is 64.9 cm³/mol. The zero-order chi connectivity index (χ0) is 13.8. The number of aliphatic carboxylic acids is 1. The molecule has 19 heavy (non-hydrogen) atoms. The molecule has 0 radical (unpaired) electrons. The standard InChI is InChI=1S/C12H14N2O5/c15-12(16)8-1-4-10(5-2-8)19-11-6-3-9(7-13-11)14(17)18/h3,6-8,10H,1-2,4-5H2,(H,15,16)/t8-,10-. The van der Waals surface area contributed by atoms with Gasteiger partial charge in [0.2, 0.25) is 5.88 Å². The Morgan fingerprint density at radius 1 is 1.37 bits per heavy atom. The first-order chi connectivity index (χ1) is 9.06. The summed E-state index contributed by atoms with van der Waals surface area (Å²) in [5, 5.41) is 19.4. The van der Waals surface area contributed by atoms with Gasteiger partial charge in [0.15, 0.2) is 0 Å². The SMILES string of the molecule is O=C(O)[C@H]1CC[C@H](Oc2ccc([N+](=O)[O-])cn2)CC1. The maximum absolute atomic E-state index is 10.8. The fraction of sp³-hybridized carbons (Fsp3) is 0.500. The number of hydrogen-bond acceptors (Lipinski definition) is 5. The number of carboxylic acids is 1. The number of carboxylic acid groups (broad SMARTS) is 1. The van der Waals surface area contributed by atoms with E-state index < -0.39 is 10.9 Å². The molecule has 1 aliphatic carbocycles. The van der Waals surface area contributed by atoms with Gasteiger partial charge in [0.1, 0.15) is 12.3 Å². The van der Waals surface area contributed by atoms with Gasteiger partial charge in [-0.25, -0.2) is 4.98 Å². The van der Waals surface area contributed by atoms with E-state index in [1.54, 1.807) is 0 Å². The van der Waals surface area contributed by atoms with E-state index >= 15 is 0 Å². The average Bonchev–Trinajstić information content (AvgIpc) is 2.40. The van der Waals surface area contributed by atoms with Crippen LogP contribution in [0.2, 0.25) is 0 Å². The van der Waals surface area contributed by atoms with Gasteiger partial charge < -0.3 is 9.84 Å². The smallest absolute Gasteiger partial charge is 0.306 e. The van der Waals surface area contributed by atoms with E-state index in [4.69, 9.17) is 9.84 Å². The average molecular weight is 266 g/mol. The summed E-state index contributed by atoms with van der Waals surface area (Å²) >= 11 is 0. The lowest BCUT2D eigenvalue weighted by atomic mass is 9.87. The molecule has 7 nitrogen and oxygen atoms in total. The number of pyridine rings is 1. The van der Waals surface area contributed by atoms with Gasteiger partial charge in [-0.3, -0.25) is 14.9 Å². The van der Waals surface area contributed by atoms with E-state index in [1.165, 1.54) is 12.1 Å². The van der Waals surface area contributed by atoms with Crippen LogP contribution in [0.1, 0.15) is 25.7 Å². The van der Waals surface area contributed by atoms with Crippen molar-refractivity contribution in [1.29, 1.82) is 0 Å². The first-order valence-corrected chi connectivity index (χ1v) is 6.06. The summed E-state index contributed by atoms with van der Waals surface area (Å²) in [5.74, 6) is -0.707. The van der Waals surface area contributed by atoms with E-state index in [2.05, 4.69) is 4.98 Å². The first kappa shape index (κ1) is 13.3. The minimum absolute atomic E-state index is 0.0652. The highest BCUT2D eigenvalue weighted by molar-refractivity contribution is 5.70. The van der Waals surface area contributed by atoms with Crippen molar-refractivity contribution in [3.8, 4) is 5.88 Å². The largest absolute Gasteiger partial charge is 0.481 e. The van der Waals surface area contributed by atoms with Crippen molar-refractivity contribution in [2.24, 2.45) is 5.92 Å². The van der Waals surface area contributed by atoms with Crippen molar-refractivity contribution in [3.63, 3.8) is 0 Å². The molecule has 0 bridgehead atoms. The Hall–Kier alpha value is -2.18. The van der Waals surface area contributed by atoms with E-state index in [1.807, 2.05) is 0 Å². The molecule has 1 heterocycles. The van der Waals surface area contributed by atoms with Crippen molar-refractivity contribution in [2.45, 2.75) is 31.8 Å². The van der Waals surface area contributed by atoms with Crippen LogP contribution in [-0.4, -0.2) is 27.1 Å². The van der Waals surface area contributed by atoms with Gasteiger partial charge in [0.05, 0.1) is 10.8 Å². The Balaban J connectivity index is 1.88. The van der Waals surface area contributed by atoms with Crippen molar-refractivity contribution in [2.75, 3.05) is 0 Å². The van der Waals surface area contributed by atoms with Crippen LogP contribution in [0.25, 0.3) is 0 Å². The van der Waals surface area contributed by atoms with Gasteiger partial charge in [0, 0.05) is 12.1 Å². The number of nitrogens with zero attached hydrogens (tertiary/aromatic N) is 2. The summed E-state index contributed by atoms with van der Waals surface area (Å²) in [4.78, 5) is 24.6. The zero-order valence-electron chi connectivity index (χ0n) is 10.2. The molecular weight excluding hydrogens is 252 g/mol. The quantitative estimate of drug-likeness (QED) is 0.660. The second kappa shape index (κ2) is 5.64. The second-order valence-corrected chi connectivity index (χ2v) is 4.54. The number of rotatable bonds is 4. The predicted octanol–water partition coefficient (Wildman–Crippen LogP) is 2.01. The van der Waals surface area contributed by atoms with Crippen LogP contribution in [0.5, 0.6) is 5.88 Å². The normalized spacial score (nSPS) is 22.7. The van der Waals surface area contributed by atoms with Crippen molar-refractivity contribution < 1.29 is 19.6 Å².